The number of ketones is 2. The smallest absolute Gasteiger partial charge is 0.306 e. The van der Waals surface area contributed by atoms with Gasteiger partial charge in [0.05, 0.1) is 22.9 Å². The molecule has 2 aliphatic carbocycles. The van der Waals surface area contributed by atoms with Crippen molar-refractivity contribution in [3.05, 3.63) is 99.6 Å². The number of nitrogen functional groups attached to an aromatic ring is 1. The molecule has 6 N–H and O–H groups in total. The van der Waals surface area contributed by atoms with Gasteiger partial charge in [0.1, 0.15) is 18.4 Å². The summed E-state index contributed by atoms with van der Waals surface area (Å²) >= 11 is 0. The van der Waals surface area contributed by atoms with Gasteiger partial charge in [-0.15, -0.1) is 0 Å². The van der Waals surface area contributed by atoms with Crippen LogP contribution in [0.1, 0.15) is 61.9 Å². The van der Waals surface area contributed by atoms with Crippen LogP contribution in [-0.4, -0.2) is 56.7 Å². The topological polar surface area (TPSA) is 172 Å². The van der Waals surface area contributed by atoms with Crippen molar-refractivity contribution in [2.45, 2.75) is 55.8 Å². The lowest BCUT2D eigenvalue weighted by atomic mass is 9.69. The highest BCUT2D eigenvalue weighted by Crippen LogP contribution is 2.67. The Balaban J connectivity index is 1.21. The number of aliphatic hydroxyl groups excluding tert-OH is 2. The highest BCUT2D eigenvalue weighted by Gasteiger charge is 2.82. The fraction of sp³-hybridized carbons (Fsp3) is 0.250. The number of esters is 1. The van der Waals surface area contributed by atoms with Gasteiger partial charge in [-0.05, 0) is 60.9 Å². The minimum absolute atomic E-state index is 0.0467. The first kappa shape index (κ1) is 29.3. The zero-order chi connectivity index (χ0) is 32.4. The molecule has 0 saturated carbocycles. The number of carbonyl (C=O) groups excluding carboxylic acids is 3. The van der Waals surface area contributed by atoms with Gasteiger partial charge in [0, 0.05) is 28.8 Å². The molecule has 7 rings (SSSR count). The number of benzene rings is 3. The van der Waals surface area contributed by atoms with Gasteiger partial charge in [0.2, 0.25) is 0 Å². The quantitative estimate of drug-likeness (QED) is 0.0713. The number of phenols is 1. The van der Waals surface area contributed by atoms with E-state index in [1.165, 1.54) is 31.2 Å². The fourth-order valence-electron chi connectivity index (χ4n) is 6.74. The Labute approximate surface area is 263 Å². The van der Waals surface area contributed by atoms with Crippen molar-refractivity contribution in [1.29, 1.82) is 0 Å². The Morgan fingerprint density at radius 1 is 1.02 bits per heavy atom. The van der Waals surface area contributed by atoms with Crippen molar-refractivity contribution in [3.63, 3.8) is 0 Å². The fourth-order valence-corrected chi connectivity index (χ4v) is 6.74. The molecule has 2 aliphatic heterocycles. The maximum Gasteiger partial charge on any atom is 0.306 e. The number of carbonyl (C=O) groups is 3. The van der Waals surface area contributed by atoms with Gasteiger partial charge in [-0.2, -0.15) is 0 Å². The average molecular weight is 617 g/mol. The minimum atomic E-state index is -1.64. The Kier molecular flexibility index (Phi) is 6.76. The number of nitrogens with two attached hydrogens (primary N) is 1. The van der Waals surface area contributed by atoms with E-state index in [0.29, 0.717) is 11.3 Å². The van der Waals surface area contributed by atoms with Gasteiger partial charge < -0.3 is 35.8 Å². The lowest BCUT2D eigenvalue weighted by molar-refractivity contribution is -0.144. The van der Waals surface area contributed by atoms with E-state index in [1.54, 1.807) is 36.4 Å². The van der Waals surface area contributed by atoms with E-state index in [0.717, 1.165) is 5.56 Å². The zero-order valence-corrected chi connectivity index (χ0v) is 24.6. The lowest BCUT2D eigenvalue weighted by Gasteiger charge is -2.37. The number of aromatic hydroxyl groups is 1. The number of ether oxygens (including phenoxy) is 2. The molecule has 0 unspecified atom stereocenters. The van der Waals surface area contributed by atoms with Crippen molar-refractivity contribution in [2.75, 3.05) is 11.1 Å². The molecular formula is C36H28N2O8. The molecule has 10 nitrogen and oxygen atoms in total. The predicted octanol–water partition coefficient (Wildman–Crippen LogP) is 2.50. The summed E-state index contributed by atoms with van der Waals surface area (Å²) in [6.07, 6.45) is 0.673. The van der Waals surface area contributed by atoms with Crippen LogP contribution in [0.2, 0.25) is 0 Å². The molecule has 2 bridgehead atoms. The number of nitrogens with one attached hydrogen (secondary N) is 1. The molecule has 230 valence electrons. The number of epoxide rings is 1. The van der Waals surface area contributed by atoms with Crippen LogP contribution >= 0.6 is 0 Å². The first-order valence-corrected chi connectivity index (χ1v) is 14.7. The normalized spacial score (nSPS) is 25.8. The first-order valence-electron chi connectivity index (χ1n) is 14.7. The van der Waals surface area contributed by atoms with Crippen molar-refractivity contribution < 1.29 is 39.2 Å². The van der Waals surface area contributed by atoms with E-state index in [4.69, 9.17) is 15.2 Å². The maximum absolute atomic E-state index is 14.1. The van der Waals surface area contributed by atoms with Gasteiger partial charge in [0.25, 0.3) is 0 Å². The van der Waals surface area contributed by atoms with E-state index >= 15 is 0 Å². The summed E-state index contributed by atoms with van der Waals surface area (Å²) in [4.78, 5) is 40.4. The van der Waals surface area contributed by atoms with Gasteiger partial charge in [-0.1, -0.05) is 47.9 Å². The molecule has 2 heterocycles. The summed E-state index contributed by atoms with van der Waals surface area (Å²) in [5.41, 5.74) is 4.92. The maximum atomic E-state index is 14.1. The van der Waals surface area contributed by atoms with Crippen LogP contribution in [0.4, 0.5) is 11.4 Å². The summed E-state index contributed by atoms with van der Waals surface area (Å²) < 4.78 is 11.5. The first-order chi connectivity index (χ1) is 22.1. The van der Waals surface area contributed by atoms with Crippen LogP contribution in [0.25, 0.3) is 0 Å². The molecule has 0 aromatic heterocycles. The number of hydrogen-bond acceptors (Lipinski definition) is 10. The molecule has 0 amide bonds. The summed E-state index contributed by atoms with van der Waals surface area (Å²) in [7, 11) is 0. The Morgan fingerprint density at radius 2 is 1.72 bits per heavy atom. The summed E-state index contributed by atoms with van der Waals surface area (Å²) in [5, 5.41) is 36.7. The molecular weight excluding hydrogens is 588 g/mol. The van der Waals surface area contributed by atoms with E-state index in [2.05, 4.69) is 29.0 Å². The van der Waals surface area contributed by atoms with Crippen LogP contribution in [0.3, 0.4) is 0 Å². The standard InChI is InChI=1S/C36H28N2O8/c1-19(39)35-27-6-4-2-3-5-7-28(41)36(35,46-35)25-17-26(40)30-31(32(25)38-27)33(43)23-14-10-20(16-24(23)34(30)44)11-15-29(42)45-18-21-8-12-22(37)13-9-21/h2-3,8-10,12-14,16-17,19,27-28,38-41H,11,15,18,37H2,1H3/b3-2-/t19-,27+,28-,35+,36+/m1/s1. The van der Waals surface area contributed by atoms with Crippen molar-refractivity contribution in [3.8, 4) is 29.4 Å². The SMILES string of the molecule is C[C@@H](O)[C@@]12O[C@]13c1cc(O)c4c(c1N[C@H]2C#C/C=C\C#C[C@H]3O)C(=O)c1ccc(CCC(=O)OCc2ccc(N)cc2)cc1C4=O. The number of allylic oxidation sites excluding steroid dienone is 2. The highest BCUT2D eigenvalue weighted by atomic mass is 16.7. The third kappa shape index (κ3) is 4.23. The molecule has 46 heavy (non-hydrogen) atoms. The molecule has 3 aromatic carbocycles. The number of aryl methyl sites for hydroxylation is 1. The average Bonchev–Trinajstić information content (AvgIpc) is 3.77. The van der Waals surface area contributed by atoms with Crippen LogP contribution in [0, 0.1) is 23.7 Å². The monoisotopic (exact) mass is 616 g/mol. The van der Waals surface area contributed by atoms with Crippen molar-refractivity contribution in [1.82, 2.24) is 0 Å². The second-order valence-corrected chi connectivity index (χ2v) is 11.7. The third-order valence-electron chi connectivity index (χ3n) is 9.02. The molecule has 1 saturated heterocycles. The van der Waals surface area contributed by atoms with Gasteiger partial charge in [0.15, 0.2) is 28.9 Å². The van der Waals surface area contributed by atoms with Gasteiger partial charge in [-0.3, -0.25) is 14.4 Å². The molecule has 10 heteroatoms. The third-order valence-corrected chi connectivity index (χ3v) is 9.02. The predicted molar refractivity (Wildman–Crippen MR) is 166 cm³/mol. The van der Waals surface area contributed by atoms with Crippen LogP contribution < -0.4 is 11.1 Å². The van der Waals surface area contributed by atoms with Crippen LogP contribution in [0.15, 0.2) is 60.7 Å². The number of rotatable bonds is 6. The molecule has 3 aromatic rings. The Hall–Kier alpha value is -5.39. The number of anilines is 2. The second-order valence-electron chi connectivity index (χ2n) is 11.7. The van der Waals surface area contributed by atoms with E-state index < -0.39 is 52.7 Å². The zero-order valence-electron chi connectivity index (χ0n) is 24.6. The summed E-state index contributed by atoms with van der Waals surface area (Å²) in [6.45, 7) is 1.60. The van der Waals surface area contributed by atoms with Crippen LogP contribution in [0.5, 0.6) is 5.75 Å². The molecule has 4 aliphatic rings. The summed E-state index contributed by atoms with van der Waals surface area (Å²) in [5.74, 6) is 9.24. The lowest BCUT2D eigenvalue weighted by Crippen LogP contribution is -2.54. The molecule has 1 fully saturated rings. The molecule has 0 radical (unpaired) electrons. The Bertz CT molecular complexity index is 2010. The van der Waals surface area contributed by atoms with Crippen molar-refractivity contribution >= 4 is 28.9 Å². The van der Waals surface area contributed by atoms with E-state index in [9.17, 15) is 29.7 Å². The largest absolute Gasteiger partial charge is 0.507 e. The molecule has 0 spiro atoms. The number of fused-ring (bicyclic) bond motifs is 4. The highest BCUT2D eigenvalue weighted by molar-refractivity contribution is 6.31. The van der Waals surface area contributed by atoms with E-state index in [-0.39, 0.29) is 53.0 Å². The molecule has 5 atom stereocenters. The van der Waals surface area contributed by atoms with Gasteiger partial charge in [-0.25, -0.2) is 0 Å². The second kappa shape index (κ2) is 10.6. The van der Waals surface area contributed by atoms with Gasteiger partial charge >= 0.3 is 5.97 Å². The number of phenolic OH excluding ortho intramolecular Hbond substituents is 1. The van der Waals surface area contributed by atoms with Crippen LogP contribution in [-0.2, 0) is 32.9 Å². The Morgan fingerprint density at radius 3 is 2.46 bits per heavy atom. The minimum Gasteiger partial charge on any atom is -0.507 e. The van der Waals surface area contributed by atoms with Crippen molar-refractivity contribution in [2.24, 2.45) is 0 Å². The number of aliphatic hydroxyl groups is 2. The number of hydrogen-bond donors (Lipinski definition) is 5. The summed E-state index contributed by atoms with van der Waals surface area (Å²) in [6, 6.07) is 12.1. The van der Waals surface area contributed by atoms with E-state index in [1.807, 2.05) is 0 Å².